The van der Waals surface area contributed by atoms with Gasteiger partial charge in [-0.2, -0.15) is 0 Å². The second-order valence-electron chi connectivity index (χ2n) is 14.7. The highest BCUT2D eigenvalue weighted by Gasteiger charge is 2.48. The maximum Gasteiger partial charge on any atom is 0.409 e. The zero-order valence-electron chi connectivity index (χ0n) is 32.5. The molecule has 0 aliphatic carbocycles. The summed E-state index contributed by atoms with van der Waals surface area (Å²) in [6, 6.07) is 2.76. The summed E-state index contributed by atoms with van der Waals surface area (Å²) in [6.45, 7) is 8.98. The summed E-state index contributed by atoms with van der Waals surface area (Å²) in [5.41, 5.74) is -0.587. The molecule has 1 aromatic carbocycles. The molecular weight excluding hydrogens is 672 g/mol. The fourth-order valence-electron chi connectivity index (χ4n) is 6.61. The van der Waals surface area contributed by atoms with Gasteiger partial charge < -0.3 is 43.9 Å². The Bertz CT molecular complexity index is 1520. The Hall–Kier alpha value is -3.98. The molecule has 0 aromatic heterocycles. The lowest BCUT2D eigenvalue weighted by molar-refractivity contribution is -0.176. The van der Waals surface area contributed by atoms with Crippen molar-refractivity contribution in [1.82, 2.24) is 15.1 Å². The third kappa shape index (κ3) is 10.6. The number of methoxy groups -OCH3 is 2. The number of hydrogen-bond acceptors (Lipinski definition) is 11. The van der Waals surface area contributed by atoms with E-state index in [1.165, 1.54) is 37.8 Å². The number of likely N-dealkylation sites (N-methyl/N-ethyl adjacent to an activating group) is 1. The number of esters is 1. The van der Waals surface area contributed by atoms with E-state index in [1.807, 2.05) is 51.1 Å². The zero-order valence-corrected chi connectivity index (χ0v) is 32.5. The average Bonchev–Trinajstić information content (AvgIpc) is 3.07. The van der Waals surface area contributed by atoms with Gasteiger partial charge in [-0.3, -0.25) is 14.9 Å². The van der Waals surface area contributed by atoms with Gasteiger partial charge in [0.25, 0.3) is 0 Å². The van der Waals surface area contributed by atoms with Gasteiger partial charge in [0.1, 0.15) is 30.1 Å². The maximum atomic E-state index is 14.1. The summed E-state index contributed by atoms with van der Waals surface area (Å²) in [5.74, 6) is -1.54. The quantitative estimate of drug-likeness (QED) is 0.337. The van der Waals surface area contributed by atoms with Crippen molar-refractivity contribution in [3.63, 3.8) is 0 Å². The molecule has 1 saturated heterocycles. The van der Waals surface area contributed by atoms with Gasteiger partial charge in [0, 0.05) is 46.2 Å². The lowest BCUT2D eigenvalue weighted by Gasteiger charge is -2.43. The van der Waals surface area contributed by atoms with Crippen molar-refractivity contribution in [3.05, 3.63) is 47.1 Å². The maximum absolute atomic E-state index is 14.1. The monoisotopic (exact) mass is 730 g/mol. The van der Waals surface area contributed by atoms with Crippen molar-refractivity contribution in [1.29, 1.82) is 0 Å². The Balaban J connectivity index is 2.10. The van der Waals surface area contributed by atoms with Gasteiger partial charge in [-0.1, -0.05) is 30.7 Å². The van der Waals surface area contributed by atoms with E-state index in [0.717, 1.165) is 11.1 Å². The van der Waals surface area contributed by atoms with Gasteiger partial charge in [-0.05, 0) is 78.2 Å². The van der Waals surface area contributed by atoms with Crippen molar-refractivity contribution in [2.24, 2.45) is 5.92 Å². The molecule has 0 saturated carbocycles. The van der Waals surface area contributed by atoms with E-state index >= 15 is 0 Å². The van der Waals surface area contributed by atoms with E-state index in [-0.39, 0.29) is 25.2 Å². The topological polar surface area (TPSA) is 167 Å². The molecule has 14 heteroatoms. The first-order chi connectivity index (χ1) is 24.2. The van der Waals surface area contributed by atoms with Crippen LogP contribution in [0.25, 0.3) is 0 Å². The number of nitrogens with one attached hydrogen (secondary N) is 1. The second-order valence-corrected chi connectivity index (χ2v) is 14.7. The summed E-state index contributed by atoms with van der Waals surface area (Å²) >= 11 is 0. The van der Waals surface area contributed by atoms with Crippen LogP contribution < -0.4 is 15.0 Å². The van der Waals surface area contributed by atoms with Gasteiger partial charge in [0.05, 0.1) is 24.8 Å². The van der Waals surface area contributed by atoms with Crippen LogP contribution in [0.1, 0.15) is 64.5 Å². The predicted molar refractivity (Wildman–Crippen MR) is 196 cm³/mol. The van der Waals surface area contributed by atoms with Crippen LogP contribution in [0.4, 0.5) is 10.5 Å². The van der Waals surface area contributed by atoms with Crippen LogP contribution in [0.5, 0.6) is 5.75 Å². The molecule has 0 unspecified atom stereocenters. The number of aliphatic hydroxyl groups is 2. The highest BCUT2D eigenvalue weighted by atomic mass is 16.6. The number of allylic oxidation sites excluding steroid dienone is 3. The van der Waals surface area contributed by atoms with E-state index in [4.69, 9.17) is 18.9 Å². The van der Waals surface area contributed by atoms with Crippen LogP contribution in [0.3, 0.4) is 0 Å². The summed E-state index contributed by atoms with van der Waals surface area (Å²) in [5, 5.41) is 26.2. The Kier molecular flexibility index (Phi) is 14.4. The standard InChI is InChI=1S/C38H58N4O10/c1-23-13-12-14-31(50-11)38(48)22-30(51-36(46)39-38)24(2)21-37(5,47)32(52-35(45)26(4)41(8)33(43)15-16-40(6)7)20-34(44)42(9)28-18-27(17-23)19-29(49-10)25(28)3/h12-14,18-19,24,26,30-32,47-48H,15-17,20-22H2,1-11H3,(H,39,46)/b14-12+,23-13+/t24-,26-,30-,31+,32-,37+,38-/m0/s1. The van der Waals surface area contributed by atoms with Crippen LogP contribution >= 0.6 is 0 Å². The molecule has 52 heavy (non-hydrogen) atoms. The SMILES string of the molecule is COc1cc2cc(c1C)N(C)C(=O)C[C@H](OC(=O)[C@H](C)N(C)C(=O)CCN(C)C)[C@](C)(O)C[C@H](C)[C@@H]1C[C@@](O)(NC(=O)O1)[C@H](OC)/C=C/C=C(\C)C2. The Labute approximate surface area is 307 Å². The van der Waals surface area contributed by atoms with E-state index in [1.54, 1.807) is 33.2 Å². The van der Waals surface area contributed by atoms with Gasteiger partial charge in [0.2, 0.25) is 11.8 Å². The number of ether oxygens (including phenoxy) is 4. The minimum absolute atomic E-state index is 0.0878. The Morgan fingerprint density at radius 3 is 2.42 bits per heavy atom. The molecule has 2 aliphatic rings. The summed E-state index contributed by atoms with van der Waals surface area (Å²) < 4.78 is 22.8. The molecule has 3 amide bonds. The van der Waals surface area contributed by atoms with Gasteiger partial charge in [-0.25, -0.2) is 9.59 Å². The second kappa shape index (κ2) is 17.7. The van der Waals surface area contributed by atoms with E-state index in [0.29, 0.717) is 30.0 Å². The van der Waals surface area contributed by atoms with E-state index < -0.39 is 66.0 Å². The number of fused-ring (bicyclic) bond motifs is 4. The number of alkyl carbamates (subject to hydrolysis) is 1. The first-order valence-corrected chi connectivity index (χ1v) is 17.6. The predicted octanol–water partition coefficient (Wildman–Crippen LogP) is 3.10. The molecule has 14 nitrogen and oxygen atoms in total. The zero-order chi connectivity index (χ0) is 39.1. The molecule has 2 aliphatic heterocycles. The molecule has 2 heterocycles. The molecule has 1 aromatic rings. The molecule has 1 fully saturated rings. The number of rotatable bonds is 8. The number of benzene rings is 1. The number of amides is 3. The van der Waals surface area contributed by atoms with Crippen LogP contribution in [-0.2, 0) is 35.0 Å². The molecule has 4 bridgehead atoms. The van der Waals surface area contributed by atoms with E-state index in [9.17, 15) is 29.4 Å². The Morgan fingerprint density at radius 2 is 1.81 bits per heavy atom. The molecule has 0 spiro atoms. The molecule has 3 N–H and O–H groups in total. The van der Waals surface area contributed by atoms with Crippen LogP contribution in [0.15, 0.2) is 35.9 Å². The molecule has 0 radical (unpaired) electrons. The first-order valence-electron chi connectivity index (χ1n) is 17.6. The lowest BCUT2D eigenvalue weighted by Crippen LogP contribution is -2.63. The number of hydrogen-bond donors (Lipinski definition) is 3. The Morgan fingerprint density at radius 1 is 1.13 bits per heavy atom. The number of carbonyl (C=O) groups is 4. The normalized spacial score (nSPS) is 29.7. The van der Waals surface area contributed by atoms with Gasteiger partial charge >= 0.3 is 12.1 Å². The highest BCUT2D eigenvalue weighted by Crippen LogP contribution is 2.36. The summed E-state index contributed by atoms with van der Waals surface area (Å²) in [6.07, 6.45) is 1.26. The third-order valence-corrected chi connectivity index (χ3v) is 10.1. The van der Waals surface area contributed by atoms with Crippen LogP contribution in [0.2, 0.25) is 0 Å². The molecule has 3 rings (SSSR count). The average molecular weight is 731 g/mol. The molecule has 7 atom stereocenters. The van der Waals surface area contributed by atoms with Crippen molar-refractivity contribution >= 4 is 29.6 Å². The van der Waals surface area contributed by atoms with Crippen LogP contribution in [-0.4, -0.2) is 129 Å². The number of anilines is 1. The van der Waals surface area contributed by atoms with Gasteiger partial charge in [-0.15, -0.1) is 0 Å². The third-order valence-electron chi connectivity index (χ3n) is 10.1. The van der Waals surface area contributed by atoms with Crippen molar-refractivity contribution in [2.45, 2.75) is 102 Å². The fourth-order valence-corrected chi connectivity index (χ4v) is 6.61. The van der Waals surface area contributed by atoms with Crippen molar-refractivity contribution < 1.29 is 48.3 Å². The summed E-state index contributed by atoms with van der Waals surface area (Å²) in [7, 11) is 9.77. The lowest BCUT2D eigenvalue weighted by atomic mass is 9.81. The molecule has 290 valence electrons. The first kappa shape index (κ1) is 42.4. The highest BCUT2D eigenvalue weighted by molar-refractivity contribution is 5.95. The van der Waals surface area contributed by atoms with Gasteiger partial charge in [0.15, 0.2) is 5.72 Å². The minimum atomic E-state index is -1.85. The van der Waals surface area contributed by atoms with Crippen molar-refractivity contribution in [3.8, 4) is 5.75 Å². The number of nitrogens with zero attached hydrogens (tertiary/aromatic N) is 3. The minimum Gasteiger partial charge on any atom is -0.496 e. The fraction of sp³-hybridized carbons (Fsp3) is 0.632. The molecular formula is C38H58N4O10. The van der Waals surface area contributed by atoms with Crippen molar-refractivity contribution in [2.75, 3.05) is 53.9 Å². The van der Waals surface area contributed by atoms with E-state index in [2.05, 4.69) is 5.32 Å². The smallest absolute Gasteiger partial charge is 0.409 e. The number of carbonyl (C=O) groups excluding carboxylic acids is 4. The van der Waals surface area contributed by atoms with Crippen LogP contribution in [0, 0.1) is 12.8 Å². The summed E-state index contributed by atoms with van der Waals surface area (Å²) in [4.78, 5) is 58.0. The largest absolute Gasteiger partial charge is 0.496 e.